The SMILES string of the molecule is CNCCOCCCNC(=O)CCN1C(=O)CC(C)C1=O. The predicted molar refractivity (Wildman–Crippen MR) is 77.5 cm³/mol. The minimum atomic E-state index is -0.254. The largest absolute Gasteiger partial charge is 0.380 e. The maximum Gasteiger partial charge on any atom is 0.232 e. The fourth-order valence-electron chi connectivity index (χ4n) is 2.06. The Bertz CT molecular complexity index is 373. The molecular weight excluding hydrogens is 274 g/mol. The van der Waals surface area contributed by atoms with Gasteiger partial charge in [-0.25, -0.2) is 0 Å². The molecule has 1 aliphatic heterocycles. The van der Waals surface area contributed by atoms with Gasteiger partial charge in [0.05, 0.1) is 6.61 Å². The number of nitrogens with zero attached hydrogens (tertiary/aromatic N) is 1. The lowest BCUT2D eigenvalue weighted by Crippen LogP contribution is -2.35. The topological polar surface area (TPSA) is 87.7 Å². The standard InChI is InChI=1S/C14H25N3O4/c1-11-10-13(19)17(14(11)20)7-4-12(18)16-5-3-8-21-9-6-15-2/h11,15H,3-10H2,1-2H3,(H,16,18). The summed E-state index contributed by atoms with van der Waals surface area (Å²) in [7, 11) is 1.86. The summed E-state index contributed by atoms with van der Waals surface area (Å²) in [6, 6.07) is 0. The van der Waals surface area contributed by atoms with Crippen LogP contribution in [0.25, 0.3) is 0 Å². The van der Waals surface area contributed by atoms with Crippen LogP contribution in [-0.2, 0) is 19.1 Å². The molecule has 0 aromatic carbocycles. The van der Waals surface area contributed by atoms with Crippen LogP contribution in [0.2, 0.25) is 0 Å². The van der Waals surface area contributed by atoms with Crippen molar-refractivity contribution in [3.05, 3.63) is 0 Å². The Morgan fingerprint density at radius 3 is 2.71 bits per heavy atom. The van der Waals surface area contributed by atoms with Crippen LogP contribution in [0.15, 0.2) is 0 Å². The smallest absolute Gasteiger partial charge is 0.232 e. The number of ether oxygens (including phenoxy) is 1. The van der Waals surface area contributed by atoms with E-state index in [2.05, 4.69) is 10.6 Å². The summed E-state index contributed by atoms with van der Waals surface area (Å²) in [6.45, 7) is 4.50. The van der Waals surface area contributed by atoms with Gasteiger partial charge in [0.2, 0.25) is 17.7 Å². The molecule has 1 atom stereocenters. The Morgan fingerprint density at radius 1 is 1.33 bits per heavy atom. The zero-order chi connectivity index (χ0) is 15.7. The van der Waals surface area contributed by atoms with Crippen molar-refractivity contribution in [3.8, 4) is 0 Å². The van der Waals surface area contributed by atoms with E-state index in [1.807, 2.05) is 7.05 Å². The lowest BCUT2D eigenvalue weighted by atomic mass is 10.1. The minimum absolute atomic E-state index is 0.148. The third kappa shape index (κ3) is 6.22. The van der Waals surface area contributed by atoms with Gasteiger partial charge < -0.3 is 15.4 Å². The molecule has 120 valence electrons. The monoisotopic (exact) mass is 299 g/mol. The first-order valence-electron chi connectivity index (χ1n) is 7.39. The van der Waals surface area contributed by atoms with E-state index in [1.54, 1.807) is 6.92 Å². The molecule has 1 unspecified atom stereocenters. The van der Waals surface area contributed by atoms with Gasteiger partial charge in [0.15, 0.2) is 0 Å². The van der Waals surface area contributed by atoms with Gasteiger partial charge in [0.25, 0.3) is 0 Å². The number of hydrogen-bond donors (Lipinski definition) is 2. The summed E-state index contributed by atoms with van der Waals surface area (Å²) in [5, 5.41) is 5.73. The highest BCUT2D eigenvalue weighted by Gasteiger charge is 2.35. The molecule has 7 heteroatoms. The maximum atomic E-state index is 11.7. The van der Waals surface area contributed by atoms with Crippen LogP contribution >= 0.6 is 0 Å². The van der Waals surface area contributed by atoms with Crippen LogP contribution < -0.4 is 10.6 Å². The second kappa shape index (κ2) is 9.46. The van der Waals surface area contributed by atoms with Crippen LogP contribution in [0.5, 0.6) is 0 Å². The quantitative estimate of drug-likeness (QED) is 0.420. The highest BCUT2D eigenvalue weighted by Crippen LogP contribution is 2.18. The highest BCUT2D eigenvalue weighted by atomic mass is 16.5. The molecule has 1 aliphatic rings. The molecule has 0 aromatic rings. The first-order valence-corrected chi connectivity index (χ1v) is 7.39. The molecule has 21 heavy (non-hydrogen) atoms. The molecule has 0 radical (unpaired) electrons. The molecule has 2 N–H and O–H groups in total. The number of rotatable bonds is 10. The van der Waals surface area contributed by atoms with Crippen molar-refractivity contribution in [1.82, 2.24) is 15.5 Å². The lowest BCUT2D eigenvalue weighted by Gasteiger charge is -2.14. The van der Waals surface area contributed by atoms with Crippen molar-refractivity contribution in [2.45, 2.75) is 26.2 Å². The summed E-state index contributed by atoms with van der Waals surface area (Å²) >= 11 is 0. The number of imide groups is 1. The number of carbonyl (C=O) groups excluding carboxylic acids is 3. The molecule has 3 amide bonds. The summed E-state index contributed by atoms with van der Waals surface area (Å²) in [5.74, 6) is -0.760. The molecule has 1 saturated heterocycles. The maximum absolute atomic E-state index is 11.7. The number of amides is 3. The molecule has 0 aliphatic carbocycles. The van der Waals surface area contributed by atoms with Crippen molar-refractivity contribution in [3.63, 3.8) is 0 Å². The summed E-state index contributed by atoms with van der Waals surface area (Å²) in [4.78, 5) is 36.0. The highest BCUT2D eigenvalue weighted by molar-refractivity contribution is 6.03. The fourth-order valence-corrected chi connectivity index (χ4v) is 2.06. The zero-order valence-electron chi connectivity index (χ0n) is 12.8. The number of carbonyl (C=O) groups is 3. The van der Waals surface area contributed by atoms with Crippen molar-refractivity contribution in [2.75, 3.05) is 39.9 Å². The zero-order valence-corrected chi connectivity index (χ0v) is 12.8. The van der Waals surface area contributed by atoms with Gasteiger partial charge in [-0.15, -0.1) is 0 Å². The Labute approximate surface area is 125 Å². The van der Waals surface area contributed by atoms with E-state index >= 15 is 0 Å². The van der Waals surface area contributed by atoms with Crippen molar-refractivity contribution >= 4 is 17.7 Å². The van der Waals surface area contributed by atoms with Gasteiger partial charge in [-0.3, -0.25) is 19.3 Å². The second-order valence-corrected chi connectivity index (χ2v) is 5.16. The van der Waals surface area contributed by atoms with Gasteiger partial charge in [0.1, 0.15) is 0 Å². The number of nitrogens with one attached hydrogen (secondary N) is 2. The molecule has 7 nitrogen and oxygen atoms in total. The molecule has 0 aromatic heterocycles. The summed E-state index contributed by atoms with van der Waals surface area (Å²) in [6.07, 6.45) is 1.16. The van der Waals surface area contributed by atoms with E-state index in [-0.39, 0.29) is 43.0 Å². The van der Waals surface area contributed by atoms with Gasteiger partial charge in [-0.05, 0) is 13.5 Å². The van der Waals surface area contributed by atoms with Crippen molar-refractivity contribution in [2.24, 2.45) is 5.92 Å². The van der Waals surface area contributed by atoms with E-state index in [9.17, 15) is 14.4 Å². The van der Waals surface area contributed by atoms with Gasteiger partial charge in [-0.1, -0.05) is 6.92 Å². The third-order valence-electron chi connectivity index (χ3n) is 3.32. The Morgan fingerprint density at radius 2 is 2.10 bits per heavy atom. The third-order valence-corrected chi connectivity index (χ3v) is 3.32. The van der Waals surface area contributed by atoms with E-state index in [4.69, 9.17) is 4.74 Å². The first-order chi connectivity index (χ1) is 10.1. The Hall–Kier alpha value is -1.47. The normalized spacial score (nSPS) is 18.4. The Kier molecular flexibility index (Phi) is 7.92. The molecule has 1 fully saturated rings. The van der Waals surface area contributed by atoms with Crippen molar-refractivity contribution < 1.29 is 19.1 Å². The van der Waals surface area contributed by atoms with E-state index in [1.165, 1.54) is 4.90 Å². The average molecular weight is 299 g/mol. The summed E-state index contributed by atoms with van der Waals surface area (Å²) in [5.41, 5.74) is 0. The fraction of sp³-hybridized carbons (Fsp3) is 0.786. The lowest BCUT2D eigenvalue weighted by molar-refractivity contribution is -0.139. The number of likely N-dealkylation sites (N-methyl/N-ethyl adjacent to an activating group) is 1. The Balaban J connectivity index is 2.06. The second-order valence-electron chi connectivity index (χ2n) is 5.16. The first kappa shape index (κ1) is 17.6. The van der Waals surface area contributed by atoms with Gasteiger partial charge >= 0.3 is 0 Å². The molecular formula is C14H25N3O4. The average Bonchev–Trinajstić information content (AvgIpc) is 2.69. The predicted octanol–water partition coefficient (Wildman–Crippen LogP) is -0.486. The van der Waals surface area contributed by atoms with Crippen LogP contribution in [0.4, 0.5) is 0 Å². The van der Waals surface area contributed by atoms with Crippen molar-refractivity contribution in [1.29, 1.82) is 0 Å². The van der Waals surface area contributed by atoms with E-state index in [0.717, 1.165) is 13.0 Å². The summed E-state index contributed by atoms with van der Waals surface area (Å²) < 4.78 is 5.33. The van der Waals surface area contributed by atoms with E-state index in [0.29, 0.717) is 19.8 Å². The minimum Gasteiger partial charge on any atom is -0.380 e. The molecule has 0 spiro atoms. The van der Waals surface area contributed by atoms with Crippen LogP contribution in [-0.4, -0.2) is 62.5 Å². The van der Waals surface area contributed by atoms with E-state index < -0.39 is 0 Å². The van der Waals surface area contributed by atoms with Crippen LogP contribution in [0, 0.1) is 5.92 Å². The van der Waals surface area contributed by atoms with Crippen LogP contribution in [0.3, 0.4) is 0 Å². The molecule has 1 rings (SSSR count). The molecule has 0 bridgehead atoms. The van der Waals surface area contributed by atoms with Crippen LogP contribution in [0.1, 0.15) is 26.2 Å². The van der Waals surface area contributed by atoms with Gasteiger partial charge in [0, 0.05) is 45.0 Å². The molecule has 1 heterocycles. The number of hydrogen-bond acceptors (Lipinski definition) is 5. The molecule has 0 saturated carbocycles. The van der Waals surface area contributed by atoms with Gasteiger partial charge in [-0.2, -0.15) is 0 Å². The number of likely N-dealkylation sites (tertiary alicyclic amines) is 1.